The highest BCUT2D eigenvalue weighted by Crippen LogP contribution is 2.31. The number of nitrogens with two attached hydrogens (primary N) is 1. The van der Waals surface area contributed by atoms with Gasteiger partial charge in [0, 0.05) is 4.90 Å². The largest absolute Gasteiger partial charge is 0.476 e. The quantitative estimate of drug-likeness (QED) is 0.823. The second-order valence-corrected chi connectivity index (χ2v) is 4.90. The van der Waals surface area contributed by atoms with E-state index in [0.29, 0.717) is 29.8 Å². The molecule has 2 rings (SSSR count). The molecule has 1 aromatic heterocycles. The molecule has 0 amide bonds. The van der Waals surface area contributed by atoms with Crippen LogP contribution in [0.4, 0.5) is 5.69 Å². The van der Waals surface area contributed by atoms with Crippen molar-refractivity contribution in [1.29, 1.82) is 0 Å². The third kappa shape index (κ3) is 3.54. The number of ether oxygens (including phenoxy) is 2. The number of aromatic nitrogens is 2. The maximum absolute atomic E-state index is 5.95. The molecule has 0 bridgehead atoms. The second-order valence-electron chi connectivity index (χ2n) is 4.02. The summed E-state index contributed by atoms with van der Waals surface area (Å²) in [5, 5.41) is 0. The van der Waals surface area contributed by atoms with Gasteiger partial charge in [0.25, 0.3) is 0 Å². The van der Waals surface area contributed by atoms with E-state index in [9.17, 15) is 0 Å². The molecule has 0 atom stereocenters. The normalized spacial score (nSPS) is 10.3. The third-order valence-corrected chi connectivity index (χ3v) is 3.27. The summed E-state index contributed by atoms with van der Waals surface area (Å²) in [4.78, 5) is 9.21. The molecule has 20 heavy (non-hydrogen) atoms. The SMILES string of the molecule is CCCOc1ncnc(Oc2ccc(SC)cc2)c1N. The standard InChI is InChI=1S/C14H17N3O2S/c1-3-8-18-13-12(15)14(17-9-16-13)19-10-4-6-11(20-2)7-5-10/h4-7,9H,3,8,15H2,1-2H3. The van der Waals surface area contributed by atoms with Gasteiger partial charge in [-0.25, -0.2) is 0 Å². The number of hydrogen-bond acceptors (Lipinski definition) is 6. The molecule has 0 aliphatic heterocycles. The lowest BCUT2D eigenvalue weighted by Crippen LogP contribution is -2.04. The summed E-state index contributed by atoms with van der Waals surface area (Å²) in [5.41, 5.74) is 6.26. The van der Waals surface area contributed by atoms with E-state index in [1.54, 1.807) is 11.8 Å². The number of nitrogens with zero attached hydrogens (tertiary/aromatic N) is 2. The highest BCUT2D eigenvalue weighted by Gasteiger charge is 2.11. The molecular weight excluding hydrogens is 274 g/mol. The van der Waals surface area contributed by atoms with E-state index in [1.165, 1.54) is 11.2 Å². The topological polar surface area (TPSA) is 70.3 Å². The van der Waals surface area contributed by atoms with Crippen LogP contribution in [0.1, 0.15) is 13.3 Å². The molecule has 0 fully saturated rings. The lowest BCUT2D eigenvalue weighted by molar-refractivity contribution is 0.304. The summed E-state index contributed by atoms with van der Waals surface area (Å²) in [7, 11) is 0. The Labute approximate surface area is 122 Å². The summed E-state index contributed by atoms with van der Waals surface area (Å²) >= 11 is 1.67. The van der Waals surface area contributed by atoms with E-state index in [1.807, 2.05) is 37.4 Å². The summed E-state index contributed by atoms with van der Waals surface area (Å²) in [6, 6.07) is 7.71. The minimum atomic E-state index is 0.308. The van der Waals surface area contributed by atoms with Crippen LogP contribution in [0.2, 0.25) is 0 Å². The molecule has 0 saturated heterocycles. The van der Waals surface area contributed by atoms with Crippen molar-refractivity contribution in [3.8, 4) is 17.5 Å². The van der Waals surface area contributed by atoms with Crippen molar-refractivity contribution >= 4 is 17.4 Å². The maximum Gasteiger partial charge on any atom is 0.249 e. The monoisotopic (exact) mass is 291 g/mol. The van der Waals surface area contributed by atoms with Crippen LogP contribution in [0, 0.1) is 0 Å². The molecule has 0 aliphatic rings. The Hall–Kier alpha value is -1.95. The molecule has 0 aliphatic carbocycles. The fourth-order valence-electron chi connectivity index (χ4n) is 1.51. The van der Waals surface area contributed by atoms with Gasteiger partial charge in [0.1, 0.15) is 12.1 Å². The summed E-state index contributed by atoms with van der Waals surface area (Å²) in [5.74, 6) is 1.34. The Morgan fingerprint density at radius 3 is 2.50 bits per heavy atom. The van der Waals surface area contributed by atoms with Crippen LogP contribution in [-0.2, 0) is 0 Å². The van der Waals surface area contributed by atoms with E-state index in [-0.39, 0.29) is 0 Å². The van der Waals surface area contributed by atoms with Crippen molar-refractivity contribution in [3.63, 3.8) is 0 Å². The fraction of sp³-hybridized carbons (Fsp3) is 0.286. The molecule has 1 heterocycles. The van der Waals surface area contributed by atoms with E-state index >= 15 is 0 Å². The average molecular weight is 291 g/mol. The maximum atomic E-state index is 5.95. The zero-order valence-electron chi connectivity index (χ0n) is 11.5. The van der Waals surface area contributed by atoms with Gasteiger partial charge in [-0.15, -0.1) is 11.8 Å². The van der Waals surface area contributed by atoms with Crippen molar-refractivity contribution < 1.29 is 9.47 Å². The Morgan fingerprint density at radius 2 is 1.85 bits per heavy atom. The molecule has 106 valence electrons. The molecular formula is C14H17N3O2S. The number of nitrogen functional groups attached to an aromatic ring is 1. The predicted octanol–water partition coefficient (Wildman–Crippen LogP) is 3.36. The summed E-state index contributed by atoms with van der Waals surface area (Å²) in [6.07, 6.45) is 4.29. The van der Waals surface area contributed by atoms with Crippen LogP contribution < -0.4 is 15.2 Å². The molecule has 0 spiro atoms. The number of anilines is 1. The number of hydrogen-bond donors (Lipinski definition) is 1. The first-order chi connectivity index (χ1) is 9.74. The van der Waals surface area contributed by atoms with E-state index in [2.05, 4.69) is 9.97 Å². The first kappa shape index (κ1) is 14.5. The molecule has 0 radical (unpaired) electrons. The van der Waals surface area contributed by atoms with Gasteiger partial charge in [0.2, 0.25) is 11.8 Å². The van der Waals surface area contributed by atoms with Crippen LogP contribution in [0.3, 0.4) is 0 Å². The van der Waals surface area contributed by atoms with Gasteiger partial charge >= 0.3 is 0 Å². The molecule has 0 saturated carbocycles. The fourth-order valence-corrected chi connectivity index (χ4v) is 1.92. The van der Waals surface area contributed by atoms with Gasteiger partial charge in [-0.05, 0) is 36.9 Å². The van der Waals surface area contributed by atoms with Crippen LogP contribution in [0.15, 0.2) is 35.5 Å². The number of benzene rings is 1. The van der Waals surface area contributed by atoms with Gasteiger partial charge in [-0.3, -0.25) is 0 Å². The zero-order chi connectivity index (χ0) is 14.4. The molecule has 2 N–H and O–H groups in total. The van der Waals surface area contributed by atoms with Crippen molar-refractivity contribution in [2.24, 2.45) is 0 Å². The first-order valence-corrected chi connectivity index (χ1v) is 7.52. The highest BCUT2D eigenvalue weighted by molar-refractivity contribution is 7.98. The smallest absolute Gasteiger partial charge is 0.249 e. The minimum Gasteiger partial charge on any atom is -0.476 e. The Balaban J connectivity index is 2.15. The summed E-state index contributed by atoms with van der Waals surface area (Å²) < 4.78 is 11.1. The second kappa shape index (κ2) is 7.00. The van der Waals surface area contributed by atoms with E-state index in [0.717, 1.165) is 6.42 Å². The Morgan fingerprint density at radius 1 is 1.15 bits per heavy atom. The van der Waals surface area contributed by atoms with Crippen molar-refractivity contribution in [3.05, 3.63) is 30.6 Å². The van der Waals surface area contributed by atoms with E-state index < -0.39 is 0 Å². The Kier molecular flexibility index (Phi) is 5.06. The molecule has 6 heteroatoms. The van der Waals surface area contributed by atoms with Crippen molar-refractivity contribution in [1.82, 2.24) is 9.97 Å². The lowest BCUT2D eigenvalue weighted by atomic mass is 10.3. The van der Waals surface area contributed by atoms with Gasteiger partial charge in [-0.2, -0.15) is 9.97 Å². The third-order valence-electron chi connectivity index (χ3n) is 2.53. The van der Waals surface area contributed by atoms with E-state index in [4.69, 9.17) is 15.2 Å². The number of thioether (sulfide) groups is 1. The molecule has 2 aromatic rings. The van der Waals surface area contributed by atoms with Crippen LogP contribution >= 0.6 is 11.8 Å². The van der Waals surface area contributed by atoms with Crippen molar-refractivity contribution in [2.45, 2.75) is 18.2 Å². The molecule has 5 nitrogen and oxygen atoms in total. The molecule has 1 aromatic carbocycles. The highest BCUT2D eigenvalue weighted by atomic mass is 32.2. The average Bonchev–Trinajstić information content (AvgIpc) is 2.49. The van der Waals surface area contributed by atoms with Gasteiger partial charge < -0.3 is 15.2 Å². The Bertz CT molecular complexity index is 561. The predicted molar refractivity (Wildman–Crippen MR) is 80.5 cm³/mol. The van der Waals surface area contributed by atoms with Gasteiger partial charge in [0.05, 0.1) is 6.61 Å². The lowest BCUT2D eigenvalue weighted by Gasteiger charge is -2.10. The van der Waals surface area contributed by atoms with Crippen LogP contribution in [-0.4, -0.2) is 22.8 Å². The first-order valence-electron chi connectivity index (χ1n) is 6.29. The van der Waals surface area contributed by atoms with Crippen LogP contribution in [0.5, 0.6) is 17.5 Å². The van der Waals surface area contributed by atoms with Crippen LogP contribution in [0.25, 0.3) is 0 Å². The van der Waals surface area contributed by atoms with Gasteiger partial charge in [-0.1, -0.05) is 6.92 Å². The molecule has 0 unspecified atom stereocenters. The summed E-state index contributed by atoms with van der Waals surface area (Å²) in [6.45, 7) is 2.57. The number of rotatable bonds is 6. The van der Waals surface area contributed by atoms with Gasteiger partial charge in [0.15, 0.2) is 5.69 Å². The van der Waals surface area contributed by atoms with Crippen molar-refractivity contribution in [2.75, 3.05) is 18.6 Å². The minimum absolute atomic E-state index is 0.308. The zero-order valence-corrected chi connectivity index (χ0v) is 12.3.